The SMILES string of the molecule is CC(NC(=O)C(C)NC(=O)C(N)C(C)C)C(=O)NC(C(=O)O)C(C)C. The zero-order valence-electron chi connectivity index (χ0n) is 15.6. The maximum absolute atomic E-state index is 12.1. The molecule has 0 spiro atoms. The smallest absolute Gasteiger partial charge is 0.326 e. The molecule has 0 rings (SSSR count). The Morgan fingerprint density at radius 2 is 1.12 bits per heavy atom. The van der Waals surface area contributed by atoms with Crippen molar-refractivity contribution in [3.63, 3.8) is 0 Å². The average molecular weight is 358 g/mol. The van der Waals surface area contributed by atoms with Crippen LogP contribution in [0.15, 0.2) is 0 Å². The highest BCUT2D eigenvalue weighted by molar-refractivity contribution is 5.93. The zero-order chi connectivity index (χ0) is 19.9. The van der Waals surface area contributed by atoms with Gasteiger partial charge in [-0.2, -0.15) is 0 Å². The van der Waals surface area contributed by atoms with Crippen molar-refractivity contribution in [2.24, 2.45) is 17.6 Å². The minimum absolute atomic E-state index is 0.0797. The van der Waals surface area contributed by atoms with E-state index in [1.807, 2.05) is 0 Å². The van der Waals surface area contributed by atoms with Crippen molar-refractivity contribution >= 4 is 23.7 Å². The van der Waals surface area contributed by atoms with Gasteiger partial charge >= 0.3 is 5.97 Å². The van der Waals surface area contributed by atoms with Crippen LogP contribution in [-0.4, -0.2) is 53.0 Å². The second-order valence-electron chi connectivity index (χ2n) is 6.80. The molecule has 144 valence electrons. The number of amides is 3. The second kappa shape index (κ2) is 9.97. The van der Waals surface area contributed by atoms with E-state index >= 15 is 0 Å². The number of carbonyl (C=O) groups is 4. The highest BCUT2D eigenvalue weighted by atomic mass is 16.4. The molecule has 3 amide bonds. The van der Waals surface area contributed by atoms with Gasteiger partial charge in [-0.15, -0.1) is 0 Å². The van der Waals surface area contributed by atoms with Gasteiger partial charge in [-0.1, -0.05) is 27.7 Å². The summed E-state index contributed by atoms with van der Waals surface area (Å²) >= 11 is 0. The summed E-state index contributed by atoms with van der Waals surface area (Å²) in [7, 11) is 0. The van der Waals surface area contributed by atoms with E-state index in [0.717, 1.165) is 0 Å². The fraction of sp³-hybridized carbons (Fsp3) is 0.750. The normalized spacial score (nSPS) is 15.9. The minimum Gasteiger partial charge on any atom is -0.480 e. The van der Waals surface area contributed by atoms with Gasteiger partial charge in [0.2, 0.25) is 17.7 Å². The molecule has 0 aromatic carbocycles. The van der Waals surface area contributed by atoms with Gasteiger partial charge in [-0.05, 0) is 25.7 Å². The van der Waals surface area contributed by atoms with Crippen molar-refractivity contribution in [2.75, 3.05) is 0 Å². The van der Waals surface area contributed by atoms with Gasteiger partial charge in [0.05, 0.1) is 6.04 Å². The molecule has 9 heteroatoms. The summed E-state index contributed by atoms with van der Waals surface area (Å²) in [6, 6.07) is -3.62. The van der Waals surface area contributed by atoms with E-state index in [1.165, 1.54) is 13.8 Å². The van der Waals surface area contributed by atoms with Gasteiger partial charge in [0, 0.05) is 0 Å². The molecule has 0 aromatic heterocycles. The van der Waals surface area contributed by atoms with E-state index in [1.54, 1.807) is 27.7 Å². The van der Waals surface area contributed by atoms with Gasteiger partial charge in [0.1, 0.15) is 18.1 Å². The van der Waals surface area contributed by atoms with Crippen LogP contribution in [0.3, 0.4) is 0 Å². The van der Waals surface area contributed by atoms with E-state index in [0.29, 0.717) is 0 Å². The van der Waals surface area contributed by atoms with Gasteiger partial charge in [0.15, 0.2) is 0 Å². The summed E-state index contributed by atoms with van der Waals surface area (Å²) in [5, 5.41) is 16.4. The number of carboxylic acid groups (broad SMARTS) is 1. The first-order valence-corrected chi connectivity index (χ1v) is 8.27. The molecule has 0 aromatic rings. The third-order valence-electron chi connectivity index (χ3n) is 3.76. The van der Waals surface area contributed by atoms with E-state index in [9.17, 15) is 19.2 Å². The Morgan fingerprint density at radius 3 is 1.48 bits per heavy atom. The molecule has 25 heavy (non-hydrogen) atoms. The molecule has 0 radical (unpaired) electrons. The van der Waals surface area contributed by atoms with Crippen LogP contribution >= 0.6 is 0 Å². The Morgan fingerprint density at radius 1 is 0.720 bits per heavy atom. The van der Waals surface area contributed by atoms with Crippen molar-refractivity contribution < 1.29 is 24.3 Å². The maximum atomic E-state index is 12.1. The first-order valence-electron chi connectivity index (χ1n) is 8.27. The Bertz CT molecular complexity index is 507. The minimum atomic E-state index is -1.15. The molecule has 0 aliphatic carbocycles. The topological polar surface area (TPSA) is 151 Å². The standard InChI is InChI=1S/C16H30N4O5/c1-7(2)11(17)15(23)19-9(5)13(21)18-10(6)14(22)20-12(8(3)4)16(24)25/h7-12H,17H2,1-6H3,(H,18,21)(H,19,23)(H,20,22)(H,24,25). The fourth-order valence-corrected chi connectivity index (χ4v) is 1.87. The summed E-state index contributed by atoms with van der Waals surface area (Å²) in [6.45, 7) is 9.81. The molecule has 0 heterocycles. The van der Waals surface area contributed by atoms with Crippen LogP contribution in [0.2, 0.25) is 0 Å². The molecule has 0 aliphatic rings. The highest BCUT2D eigenvalue weighted by Crippen LogP contribution is 2.02. The molecule has 4 unspecified atom stereocenters. The molecule has 4 atom stereocenters. The van der Waals surface area contributed by atoms with E-state index < -0.39 is 47.9 Å². The molecular formula is C16H30N4O5. The van der Waals surface area contributed by atoms with Crippen LogP contribution in [0.1, 0.15) is 41.5 Å². The molecule has 0 saturated carbocycles. The Balaban J connectivity index is 4.65. The average Bonchev–Trinajstić information content (AvgIpc) is 2.50. The molecule has 0 bridgehead atoms. The summed E-state index contributed by atoms with van der Waals surface area (Å²) in [5.74, 6) is -3.18. The molecule has 6 N–H and O–H groups in total. The lowest BCUT2D eigenvalue weighted by Crippen LogP contribution is -2.56. The quantitative estimate of drug-likeness (QED) is 0.364. The Labute approximate surface area is 148 Å². The summed E-state index contributed by atoms with van der Waals surface area (Å²) < 4.78 is 0. The number of hydrogen-bond acceptors (Lipinski definition) is 5. The third-order valence-corrected chi connectivity index (χ3v) is 3.76. The van der Waals surface area contributed by atoms with Crippen molar-refractivity contribution in [3.8, 4) is 0 Å². The first-order chi connectivity index (χ1) is 11.4. The van der Waals surface area contributed by atoms with Gasteiger partial charge < -0.3 is 26.8 Å². The van der Waals surface area contributed by atoms with Crippen LogP contribution in [0.5, 0.6) is 0 Å². The molecular weight excluding hydrogens is 328 g/mol. The van der Waals surface area contributed by atoms with E-state index in [-0.39, 0.29) is 11.8 Å². The highest BCUT2D eigenvalue weighted by Gasteiger charge is 2.28. The second-order valence-corrected chi connectivity index (χ2v) is 6.80. The number of carboxylic acids is 1. The number of hydrogen-bond donors (Lipinski definition) is 5. The molecule has 0 fully saturated rings. The predicted molar refractivity (Wildman–Crippen MR) is 92.4 cm³/mol. The van der Waals surface area contributed by atoms with Gasteiger partial charge in [-0.25, -0.2) is 4.79 Å². The van der Waals surface area contributed by atoms with Crippen LogP contribution < -0.4 is 21.7 Å². The predicted octanol–water partition coefficient (Wildman–Crippen LogP) is -0.795. The largest absolute Gasteiger partial charge is 0.480 e. The van der Waals surface area contributed by atoms with E-state index in [2.05, 4.69) is 16.0 Å². The Hall–Kier alpha value is -2.16. The van der Waals surface area contributed by atoms with Gasteiger partial charge in [0.25, 0.3) is 0 Å². The Kier molecular flexibility index (Phi) is 9.11. The summed E-state index contributed by atoms with van der Waals surface area (Å²) in [6.07, 6.45) is 0. The number of nitrogens with one attached hydrogen (secondary N) is 3. The molecule has 9 nitrogen and oxygen atoms in total. The zero-order valence-corrected chi connectivity index (χ0v) is 15.6. The van der Waals surface area contributed by atoms with Crippen LogP contribution in [0.4, 0.5) is 0 Å². The van der Waals surface area contributed by atoms with Crippen LogP contribution in [0.25, 0.3) is 0 Å². The van der Waals surface area contributed by atoms with Gasteiger partial charge in [-0.3, -0.25) is 14.4 Å². The first kappa shape index (κ1) is 22.8. The van der Waals surface area contributed by atoms with Crippen molar-refractivity contribution in [2.45, 2.75) is 65.7 Å². The summed E-state index contributed by atoms with van der Waals surface area (Å²) in [4.78, 5) is 47.1. The number of nitrogens with two attached hydrogens (primary N) is 1. The van der Waals surface area contributed by atoms with Crippen LogP contribution in [-0.2, 0) is 19.2 Å². The lowest BCUT2D eigenvalue weighted by atomic mass is 10.0. The van der Waals surface area contributed by atoms with E-state index in [4.69, 9.17) is 10.8 Å². The third kappa shape index (κ3) is 7.51. The lowest BCUT2D eigenvalue weighted by molar-refractivity contribution is -0.143. The van der Waals surface area contributed by atoms with Crippen LogP contribution in [0, 0.1) is 11.8 Å². The number of rotatable bonds is 9. The molecule has 0 aliphatic heterocycles. The van der Waals surface area contributed by atoms with Crippen molar-refractivity contribution in [1.82, 2.24) is 16.0 Å². The van der Waals surface area contributed by atoms with Crippen molar-refractivity contribution in [1.29, 1.82) is 0 Å². The van der Waals surface area contributed by atoms with Crippen molar-refractivity contribution in [3.05, 3.63) is 0 Å². The lowest BCUT2D eigenvalue weighted by Gasteiger charge is -2.23. The summed E-state index contributed by atoms with van der Waals surface area (Å²) in [5.41, 5.74) is 5.71. The maximum Gasteiger partial charge on any atom is 0.326 e. The number of carbonyl (C=O) groups excluding carboxylic acids is 3. The molecule has 0 saturated heterocycles. The number of aliphatic carboxylic acids is 1. The monoisotopic (exact) mass is 358 g/mol. The fourth-order valence-electron chi connectivity index (χ4n) is 1.87.